The Labute approximate surface area is 228 Å². The second-order valence-electron chi connectivity index (χ2n) is 9.43. The number of hydrogen-bond acceptors (Lipinski definition) is 7. The van der Waals surface area contributed by atoms with Crippen molar-refractivity contribution in [1.29, 1.82) is 0 Å². The fourth-order valence-corrected chi connectivity index (χ4v) is 4.91. The molecule has 38 heavy (non-hydrogen) atoms. The maximum absolute atomic E-state index is 13.1. The van der Waals surface area contributed by atoms with E-state index in [-0.39, 0.29) is 5.82 Å². The molecular weight excluding hydrogens is 501 g/mol. The minimum absolute atomic E-state index is 0.214. The Balaban J connectivity index is 1.21. The number of ether oxygens (including phenoxy) is 1. The summed E-state index contributed by atoms with van der Waals surface area (Å²) in [4.78, 5) is 16.6. The zero-order chi connectivity index (χ0) is 26.2. The molecule has 0 unspecified atom stereocenters. The van der Waals surface area contributed by atoms with E-state index >= 15 is 0 Å². The van der Waals surface area contributed by atoms with Crippen LogP contribution in [0.25, 0.3) is 0 Å². The van der Waals surface area contributed by atoms with Crippen LogP contribution in [0.3, 0.4) is 0 Å². The Bertz CT molecular complexity index is 1180. The highest BCUT2D eigenvalue weighted by Crippen LogP contribution is 2.24. The predicted molar refractivity (Wildman–Crippen MR) is 155 cm³/mol. The third-order valence-electron chi connectivity index (χ3n) is 6.83. The van der Waals surface area contributed by atoms with Crippen LogP contribution in [-0.4, -0.2) is 74.1 Å². The first-order valence-corrected chi connectivity index (χ1v) is 13.6. The van der Waals surface area contributed by atoms with Crippen molar-refractivity contribution >= 4 is 40.6 Å². The first-order valence-electron chi connectivity index (χ1n) is 13.2. The van der Waals surface area contributed by atoms with Crippen LogP contribution in [0.5, 0.6) is 0 Å². The molecule has 1 aromatic heterocycles. The summed E-state index contributed by atoms with van der Waals surface area (Å²) in [5, 5.41) is 6.93. The minimum Gasteiger partial charge on any atom is -0.378 e. The lowest BCUT2D eigenvalue weighted by Gasteiger charge is -2.37. The molecule has 2 saturated heterocycles. The number of thiocarbonyl (C=S) groups is 1. The molecule has 2 aromatic carbocycles. The molecule has 0 bridgehead atoms. The number of anilines is 4. The van der Waals surface area contributed by atoms with E-state index in [1.165, 1.54) is 17.8 Å². The highest BCUT2D eigenvalue weighted by Gasteiger charge is 2.22. The first kappa shape index (κ1) is 26.1. The highest BCUT2D eigenvalue weighted by atomic mass is 32.1. The van der Waals surface area contributed by atoms with Crippen LogP contribution in [0.15, 0.2) is 60.7 Å². The van der Waals surface area contributed by atoms with Gasteiger partial charge >= 0.3 is 0 Å². The third-order valence-corrected chi connectivity index (χ3v) is 7.07. The average molecular weight is 536 g/mol. The van der Waals surface area contributed by atoms with Gasteiger partial charge in [0, 0.05) is 57.6 Å². The number of hydrogen-bond donors (Lipinski definition) is 2. The van der Waals surface area contributed by atoms with Crippen LogP contribution in [0, 0.1) is 5.82 Å². The lowest BCUT2D eigenvalue weighted by Crippen LogP contribution is -2.47. The van der Waals surface area contributed by atoms with E-state index in [2.05, 4.69) is 55.7 Å². The zero-order valence-electron chi connectivity index (χ0n) is 21.5. The summed E-state index contributed by atoms with van der Waals surface area (Å²) in [6.07, 6.45) is 1.72. The Morgan fingerprint density at radius 2 is 1.47 bits per heavy atom. The maximum atomic E-state index is 13.1. The van der Waals surface area contributed by atoms with E-state index in [1.54, 1.807) is 0 Å². The Morgan fingerprint density at radius 1 is 0.842 bits per heavy atom. The number of nitrogens with one attached hydrogen (secondary N) is 2. The van der Waals surface area contributed by atoms with Gasteiger partial charge in [0.15, 0.2) is 5.11 Å². The van der Waals surface area contributed by atoms with E-state index in [0.29, 0.717) is 30.8 Å². The van der Waals surface area contributed by atoms with Gasteiger partial charge in [-0.15, -0.1) is 0 Å². The number of halogens is 1. The quantitative estimate of drug-likeness (QED) is 0.332. The van der Waals surface area contributed by atoms with Gasteiger partial charge in [0.25, 0.3) is 0 Å². The number of aromatic nitrogens is 2. The second-order valence-corrected chi connectivity index (χ2v) is 9.84. The SMILES string of the molecule is Fc1ccc(CCCNC(=S)Nc2nc(N3CCOCC3)cc(N3CCN(c4ccccc4)CC3)n2)cc1. The molecule has 2 N–H and O–H groups in total. The van der Waals surface area contributed by atoms with E-state index in [4.69, 9.17) is 26.9 Å². The van der Waals surface area contributed by atoms with Gasteiger partial charge in [-0.2, -0.15) is 9.97 Å². The molecule has 3 aromatic rings. The molecule has 2 aliphatic rings. The largest absolute Gasteiger partial charge is 0.378 e. The van der Waals surface area contributed by atoms with E-state index in [9.17, 15) is 4.39 Å². The molecule has 200 valence electrons. The number of para-hydroxylation sites is 1. The standard InChI is InChI=1S/C28H34FN7OS/c29-23-10-8-22(9-11-23)5-4-12-30-28(38)33-27-31-25(21-26(32-27)36-17-19-37-20-18-36)35-15-13-34(14-16-35)24-6-2-1-3-7-24/h1-3,6-11,21H,4-5,12-20H2,(H2,30,31,32,33,38). The number of rotatable bonds is 8. The molecule has 0 aliphatic carbocycles. The average Bonchev–Trinajstić information content (AvgIpc) is 2.97. The van der Waals surface area contributed by atoms with Gasteiger partial charge in [-0.1, -0.05) is 30.3 Å². The highest BCUT2D eigenvalue weighted by molar-refractivity contribution is 7.80. The van der Waals surface area contributed by atoms with Crippen LogP contribution in [0.4, 0.5) is 27.7 Å². The van der Waals surface area contributed by atoms with Crippen LogP contribution in [-0.2, 0) is 11.2 Å². The van der Waals surface area contributed by atoms with E-state index in [0.717, 1.165) is 69.3 Å². The number of nitrogens with zero attached hydrogens (tertiary/aromatic N) is 5. The van der Waals surface area contributed by atoms with Gasteiger partial charge in [0.2, 0.25) is 5.95 Å². The first-order chi connectivity index (χ1) is 18.6. The van der Waals surface area contributed by atoms with Gasteiger partial charge in [-0.3, -0.25) is 0 Å². The number of aryl methyl sites for hydroxylation is 1. The Hall–Kier alpha value is -3.50. The fraction of sp³-hybridized carbons (Fsp3) is 0.393. The van der Waals surface area contributed by atoms with Gasteiger partial charge in [0.1, 0.15) is 17.5 Å². The van der Waals surface area contributed by atoms with Crippen molar-refractivity contribution in [3.63, 3.8) is 0 Å². The monoisotopic (exact) mass is 535 g/mol. The van der Waals surface area contributed by atoms with Gasteiger partial charge < -0.3 is 30.1 Å². The molecule has 0 saturated carbocycles. The molecule has 2 aliphatic heterocycles. The summed E-state index contributed by atoms with van der Waals surface area (Å²) in [6.45, 7) is 7.27. The third kappa shape index (κ3) is 7.08. The topological polar surface area (TPSA) is 68.8 Å². The molecule has 3 heterocycles. The minimum atomic E-state index is -0.214. The van der Waals surface area contributed by atoms with Crippen molar-refractivity contribution in [2.24, 2.45) is 0 Å². The Morgan fingerprint density at radius 3 is 2.16 bits per heavy atom. The van der Waals surface area contributed by atoms with Crippen LogP contribution < -0.4 is 25.3 Å². The van der Waals surface area contributed by atoms with Crippen LogP contribution >= 0.6 is 12.2 Å². The lowest BCUT2D eigenvalue weighted by atomic mass is 10.1. The lowest BCUT2D eigenvalue weighted by molar-refractivity contribution is 0.122. The van der Waals surface area contributed by atoms with Crippen molar-refractivity contribution in [1.82, 2.24) is 15.3 Å². The normalized spacial score (nSPS) is 15.9. The van der Waals surface area contributed by atoms with Crippen LogP contribution in [0.1, 0.15) is 12.0 Å². The van der Waals surface area contributed by atoms with Crippen molar-refractivity contribution < 1.29 is 9.13 Å². The predicted octanol–water partition coefficient (Wildman–Crippen LogP) is 3.70. The molecule has 0 radical (unpaired) electrons. The zero-order valence-corrected chi connectivity index (χ0v) is 22.3. The molecular formula is C28H34FN7OS. The van der Waals surface area contributed by atoms with Gasteiger partial charge in [-0.25, -0.2) is 4.39 Å². The molecule has 0 atom stereocenters. The summed E-state index contributed by atoms with van der Waals surface area (Å²) in [7, 11) is 0. The molecule has 5 rings (SSSR count). The number of piperazine rings is 1. The smallest absolute Gasteiger partial charge is 0.232 e. The number of morpholine rings is 1. The van der Waals surface area contributed by atoms with Crippen molar-refractivity contribution in [3.8, 4) is 0 Å². The maximum Gasteiger partial charge on any atom is 0.232 e. The van der Waals surface area contributed by atoms with E-state index < -0.39 is 0 Å². The molecule has 0 amide bonds. The summed E-state index contributed by atoms with van der Waals surface area (Å²) in [5.41, 5.74) is 2.35. The summed E-state index contributed by atoms with van der Waals surface area (Å²) >= 11 is 5.55. The van der Waals surface area contributed by atoms with Crippen molar-refractivity contribution in [2.45, 2.75) is 12.8 Å². The van der Waals surface area contributed by atoms with Crippen LogP contribution in [0.2, 0.25) is 0 Å². The Kier molecular flexibility index (Phi) is 8.82. The molecule has 8 nitrogen and oxygen atoms in total. The molecule has 0 spiro atoms. The van der Waals surface area contributed by atoms with Gasteiger partial charge in [-0.05, 0) is 54.9 Å². The van der Waals surface area contributed by atoms with E-state index in [1.807, 2.05) is 18.2 Å². The summed E-state index contributed by atoms with van der Waals surface area (Å²) in [5.74, 6) is 2.06. The van der Waals surface area contributed by atoms with Gasteiger partial charge in [0.05, 0.1) is 13.2 Å². The van der Waals surface area contributed by atoms with Crippen molar-refractivity contribution in [2.75, 3.05) is 79.0 Å². The second kappa shape index (κ2) is 12.8. The summed E-state index contributed by atoms with van der Waals surface area (Å²) in [6, 6.07) is 19.2. The fourth-order valence-electron chi connectivity index (χ4n) is 4.72. The van der Waals surface area contributed by atoms with Crippen molar-refractivity contribution in [3.05, 3.63) is 72.0 Å². The summed E-state index contributed by atoms with van der Waals surface area (Å²) < 4.78 is 18.6. The molecule has 10 heteroatoms. The molecule has 2 fully saturated rings. The number of benzene rings is 2.